The smallest absolute Gasteiger partial charge is 0.412 e. The predicted octanol–water partition coefficient (Wildman–Crippen LogP) is 5.41. The number of ketones is 1. The Morgan fingerprint density at radius 1 is 0.767 bits per heavy atom. The Balaban J connectivity index is 0.774. The van der Waals surface area contributed by atoms with Crippen LogP contribution in [-0.4, -0.2) is 143 Å². The average molecular weight is 1030 g/mol. The Bertz CT molecular complexity index is 2340. The highest BCUT2D eigenvalue weighted by molar-refractivity contribution is 5.87. The number of nitrogens with one attached hydrogen (secondary N) is 2. The van der Waals surface area contributed by atoms with Crippen LogP contribution in [0.3, 0.4) is 0 Å². The highest BCUT2D eigenvalue weighted by Crippen LogP contribution is 2.70. The Morgan fingerprint density at radius 2 is 1.41 bits per heavy atom. The molecule has 4 saturated carbocycles. The lowest BCUT2D eigenvalue weighted by Gasteiger charge is -2.60. The number of amides is 2. The van der Waals surface area contributed by atoms with Crippen LogP contribution in [0.1, 0.15) is 85.5 Å². The summed E-state index contributed by atoms with van der Waals surface area (Å²) in [5, 5.41) is 60.8. The van der Waals surface area contributed by atoms with E-state index < -0.39 is 110 Å². The molecule has 4 aliphatic carbocycles. The van der Waals surface area contributed by atoms with Gasteiger partial charge in [0.05, 0.1) is 36.8 Å². The summed E-state index contributed by atoms with van der Waals surface area (Å²) in [5.41, 5.74) is -1.08. The molecule has 6 unspecified atom stereocenters. The van der Waals surface area contributed by atoms with E-state index in [2.05, 4.69) is 38.3 Å². The standard InChI is InChI=1S/C53H70F2N2O16/c1-25-15-18-53(67-23-25)26(2)40-36(73-53)20-31-29-14-13-27-19-28(16-17-51(27,3)30(29)21-39(59)52(31,40)4)68-47-43(62)41(60)45(37(22-58)69-47)71-48-44(63)42(61)46(72-50(65)57-35-12-8-6-10-33(35)55)38(70-48)24-66-49(64)56-34-11-7-5-9-32(34)54/h5-12,25-31,36-38,40-48,58,60-63H,13-24H2,1-4H3,(H,56,64)(H,57,65)/t25-,26?,27+,28+,29?,30?,31?,36?,37-,38-,40?,41-,42-,43-,44-,45-,46-,47-,48+,51+,52-,53-/m1/s1. The zero-order valence-electron chi connectivity index (χ0n) is 41.6. The van der Waals surface area contributed by atoms with E-state index in [4.69, 9.17) is 37.9 Å². The minimum atomic E-state index is -2.04. The second kappa shape index (κ2) is 20.5. The molecular weight excluding hydrogens is 959 g/mol. The van der Waals surface area contributed by atoms with Crippen LogP contribution in [0.5, 0.6) is 0 Å². The normalized spacial score (nSPS) is 45.1. The Hall–Kier alpha value is -3.93. The van der Waals surface area contributed by atoms with Crippen molar-refractivity contribution in [2.45, 2.75) is 165 Å². The monoisotopic (exact) mass is 1030 g/mol. The van der Waals surface area contributed by atoms with Crippen molar-refractivity contribution >= 4 is 29.3 Å². The Kier molecular flexibility index (Phi) is 14.8. The molecule has 0 radical (unpaired) electrons. The van der Waals surface area contributed by atoms with Gasteiger partial charge in [-0.2, -0.15) is 0 Å². The van der Waals surface area contributed by atoms with Gasteiger partial charge in [0.1, 0.15) is 66.8 Å². The van der Waals surface area contributed by atoms with Crippen LogP contribution >= 0.6 is 0 Å². The highest BCUT2D eigenvalue weighted by Gasteiger charge is 2.72. The van der Waals surface area contributed by atoms with E-state index in [9.17, 15) is 48.7 Å². The van der Waals surface area contributed by atoms with E-state index in [1.807, 2.05) is 0 Å². The van der Waals surface area contributed by atoms with Gasteiger partial charge in [0.2, 0.25) is 0 Å². The van der Waals surface area contributed by atoms with Gasteiger partial charge < -0.3 is 63.4 Å². The maximum absolute atomic E-state index is 14.7. The summed E-state index contributed by atoms with van der Waals surface area (Å²) in [5.74, 6) is -0.0493. The number of fused-ring (bicyclic) bond motifs is 7. The highest BCUT2D eigenvalue weighted by atomic mass is 19.1. The third-order valence-corrected chi connectivity index (χ3v) is 18.7. The van der Waals surface area contributed by atoms with Gasteiger partial charge in [0, 0.05) is 30.1 Å². The summed E-state index contributed by atoms with van der Waals surface area (Å²) in [6.45, 7) is 8.11. The first-order valence-electron chi connectivity index (χ1n) is 26.1. The maximum Gasteiger partial charge on any atom is 0.412 e. The number of ether oxygens (including phenoxy) is 8. The molecule has 4 aliphatic heterocycles. The van der Waals surface area contributed by atoms with E-state index in [-0.39, 0.29) is 58.6 Å². The van der Waals surface area contributed by atoms with Crippen molar-refractivity contribution in [3.63, 3.8) is 0 Å². The molecular formula is C53H70F2N2O16. The van der Waals surface area contributed by atoms with Crippen molar-refractivity contribution in [3.05, 3.63) is 60.2 Å². The van der Waals surface area contributed by atoms with E-state index in [1.54, 1.807) is 0 Å². The third-order valence-electron chi connectivity index (χ3n) is 18.7. The quantitative estimate of drug-likeness (QED) is 0.147. The average Bonchev–Trinajstić information content (AvgIpc) is 3.82. The number of para-hydroxylation sites is 2. The second-order valence-corrected chi connectivity index (χ2v) is 22.6. The van der Waals surface area contributed by atoms with Crippen molar-refractivity contribution in [3.8, 4) is 0 Å². The number of hydrogen-bond donors (Lipinski definition) is 7. The summed E-state index contributed by atoms with van der Waals surface area (Å²) >= 11 is 0. The predicted molar refractivity (Wildman–Crippen MR) is 252 cm³/mol. The van der Waals surface area contributed by atoms with Crippen LogP contribution in [0, 0.1) is 63.9 Å². The van der Waals surface area contributed by atoms with Gasteiger partial charge >= 0.3 is 12.2 Å². The zero-order chi connectivity index (χ0) is 51.7. The van der Waals surface area contributed by atoms with E-state index in [0.717, 1.165) is 50.7 Å². The fourth-order valence-corrected chi connectivity index (χ4v) is 14.7. The fraction of sp³-hybridized carbons (Fsp3) is 0.717. The molecule has 1 spiro atoms. The van der Waals surface area contributed by atoms with E-state index in [1.165, 1.54) is 36.4 Å². The van der Waals surface area contributed by atoms with Gasteiger partial charge in [0.25, 0.3) is 0 Å². The van der Waals surface area contributed by atoms with Crippen LogP contribution in [0.4, 0.5) is 29.7 Å². The first-order valence-corrected chi connectivity index (χ1v) is 26.1. The molecule has 73 heavy (non-hydrogen) atoms. The number of hydrogen-bond acceptors (Lipinski definition) is 16. The summed E-state index contributed by atoms with van der Waals surface area (Å²) in [6, 6.07) is 10.4. The fourth-order valence-electron chi connectivity index (χ4n) is 14.7. The third kappa shape index (κ3) is 9.48. The molecule has 402 valence electrons. The molecule has 10 rings (SSSR count). The number of Topliss-reactive ketones (excluding diaryl/α,β-unsaturated/α-hetero) is 1. The SMILES string of the molecule is CC1C2C(CC3C4CC[C@H]5C[C@@H](O[C@@H]6O[C@H](CO)[C@@H](O[C@@H]7O[C@H](COC(=O)Nc8ccccc8F)[C@@H](OC(=O)Nc8ccccc8F)[C@H](O)[C@H]7O)[C@H](O)[C@H]6O)CC[C@]5(C)C4CC(=O)[C@@]32C)O[C@]12CC[C@@H](C)CO2. The van der Waals surface area contributed by atoms with Crippen LogP contribution in [-0.2, 0) is 42.7 Å². The number of carbonyl (C=O) groups excluding carboxylic acids is 3. The molecule has 4 saturated heterocycles. The largest absolute Gasteiger partial charge is 0.446 e. The summed E-state index contributed by atoms with van der Waals surface area (Å²) in [4.78, 5) is 40.4. The first-order chi connectivity index (χ1) is 34.8. The van der Waals surface area contributed by atoms with Gasteiger partial charge in [-0.05, 0) is 104 Å². The number of aliphatic hydroxyl groups is 5. The van der Waals surface area contributed by atoms with Gasteiger partial charge in [-0.3, -0.25) is 15.4 Å². The van der Waals surface area contributed by atoms with Crippen LogP contribution in [0.15, 0.2) is 48.5 Å². The van der Waals surface area contributed by atoms with Crippen molar-refractivity contribution in [2.24, 2.45) is 52.3 Å². The topological polar surface area (TPSA) is 250 Å². The van der Waals surface area contributed by atoms with Gasteiger partial charge in [-0.25, -0.2) is 18.4 Å². The van der Waals surface area contributed by atoms with Crippen LogP contribution in [0.2, 0.25) is 0 Å². The molecule has 0 bridgehead atoms. The first kappa shape index (κ1) is 52.5. The van der Waals surface area contributed by atoms with E-state index in [0.29, 0.717) is 43.5 Å². The zero-order valence-corrected chi connectivity index (χ0v) is 41.6. The Morgan fingerprint density at radius 3 is 2.07 bits per heavy atom. The number of benzene rings is 2. The van der Waals surface area contributed by atoms with E-state index >= 15 is 0 Å². The summed E-state index contributed by atoms with van der Waals surface area (Å²) < 4.78 is 77.0. The molecule has 0 aromatic heterocycles. The molecule has 4 heterocycles. The number of carbonyl (C=O) groups is 3. The molecule has 2 aromatic rings. The van der Waals surface area contributed by atoms with Crippen LogP contribution < -0.4 is 10.6 Å². The number of halogens is 2. The van der Waals surface area contributed by atoms with Crippen molar-refractivity contribution < 1.29 is 86.6 Å². The molecule has 7 N–H and O–H groups in total. The lowest BCUT2D eigenvalue weighted by Crippen LogP contribution is -2.65. The minimum absolute atomic E-state index is 0.000483. The van der Waals surface area contributed by atoms with Crippen LogP contribution in [0.25, 0.3) is 0 Å². The minimum Gasteiger partial charge on any atom is -0.446 e. The summed E-state index contributed by atoms with van der Waals surface area (Å²) in [6.07, 6.45) is -12.9. The summed E-state index contributed by atoms with van der Waals surface area (Å²) in [7, 11) is 0. The molecule has 2 amide bonds. The molecule has 8 fully saturated rings. The molecule has 8 aliphatic rings. The maximum atomic E-state index is 14.7. The lowest BCUT2D eigenvalue weighted by molar-refractivity contribution is -0.363. The molecule has 20 heteroatoms. The van der Waals surface area contributed by atoms with Crippen molar-refractivity contribution in [1.82, 2.24) is 0 Å². The van der Waals surface area contributed by atoms with Gasteiger partial charge in [-0.1, -0.05) is 52.0 Å². The second-order valence-electron chi connectivity index (χ2n) is 22.6. The lowest BCUT2D eigenvalue weighted by atomic mass is 9.44. The number of aliphatic hydroxyl groups excluding tert-OH is 5. The molecule has 2 aromatic carbocycles. The molecule has 22 atom stereocenters. The molecule has 18 nitrogen and oxygen atoms in total. The Labute approximate surface area is 422 Å². The van der Waals surface area contributed by atoms with Gasteiger partial charge in [-0.15, -0.1) is 0 Å². The number of anilines is 2. The van der Waals surface area contributed by atoms with Crippen molar-refractivity contribution in [2.75, 3.05) is 30.5 Å². The van der Waals surface area contributed by atoms with Crippen molar-refractivity contribution in [1.29, 1.82) is 0 Å². The van der Waals surface area contributed by atoms with Gasteiger partial charge in [0.15, 0.2) is 24.5 Å². The number of rotatable bonds is 10.